The van der Waals surface area contributed by atoms with Crippen molar-refractivity contribution in [1.29, 1.82) is 0 Å². The Balaban J connectivity index is 0.000000687. The van der Waals surface area contributed by atoms with Crippen molar-refractivity contribution in [2.45, 2.75) is 47.0 Å². The normalized spacial score (nSPS) is 13.7. The molecule has 156 valence electrons. The largest absolute Gasteiger partial charge is 0.507 e. The van der Waals surface area contributed by atoms with E-state index < -0.39 is 0 Å². The van der Waals surface area contributed by atoms with Gasteiger partial charge in [-0.15, -0.1) is 0 Å². The first kappa shape index (κ1) is 20.1. The minimum Gasteiger partial charge on any atom is -0.507 e. The van der Waals surface area contributed by atoms with Gasteiger partial charge in [-0.25, -0.2) is 15.0 Å². The lowest BCUT2D eigenvalue weighted by atomic mass is 10.0. The molecule has 0 atom stereocenters. The maximum Gasteiger partial charge on any atom is 0.192 e. The van der Waals surface area contributed by atoms with E-state index in [1.807, 2.05) is 31.2 Å². The molecule has 6 nitrogen and oxygen atoms in total. The molecule has 1 aliphatic heterocycles. The summed E-state index contributed by atoms with van der Waals surface area (Å²) >= 11 is 0. The summed E-state index contributed by atoms with van der Waals surface area (Å²) in [6.45, 7) is 10.0. The van der Waals surface area contributed by atoms with Crippen LogP contribution in [0, 0.1) is 13.8 Å². The molecule has 0 radical (unpaired) electrons. The number of aromatic hydroxyl groups is 1. The van der Waals surface area contributed by atoms with Crippen molar-refractivity contribution < 1.29 is 9.52 Å². The van der Waals surface area contributed by atoms with E-state index in [0.717, 1.165) is 29.9 Å². The first-order chi connectivity index (χ1) is 14.5. The van der Waals surface area contributed by atoms with Gasteiger partial charge in [0, 0.05) is 31.1 Å². The number of phenols is 1. The summed E-state index contributed by atoms with van der Waals surface area (Å²) in [6.07, 6.45) is 3.69. The van der Waals surface area contributed by atoms with E-state index in [4.69, 9.17) is 14.4 Å². The Bertz CT molecular complexity index is 1190. The highest BCUT2D eigenvalue weighted by Crippen LogP contribution is 2.37. The van der Waals surface area contributed by atoms with Crippen molar-refractivity contribution >= 4 is 28.0 Å². The number of benzene rings is 1. The van der Waals surface area contributed by atoms with Gasteiger partial charge in [-0.1, -0.05) is 20.3 Å². The van der Waals surface area contributed by atoms with Crippen LogP contribution in [0.1, 0.15) is 44.6 Å². The summed E-state index contributed by atoms with van der Waals surface area (Å²) in [6, 6.07) is 9.69. The van der Waals surface area contributed by atoms with E-state index in [1.54, 1.807) is 13.0 Å². The highest BCUT2D eigenvalue weighted by molar-refractivity contribution is 5.89. The predicted molar refractivity (Wildman–Crippen MR) is 121 cm³/mol. The fourth-order valence-electron chi connectivity index (χ4n) is 3.79. The molecule has 4 aromatic rings. The van der Waals surface area contributed by atoms with Crippen LogP contribution >= 0.6 is 0 Å². The van der Waals surface area contributed by atoms with Gasteiger partial charge < -0.3 is 14.4 Å². The Hall–Kier alpha value is -3.15. The number of oxazole rings is 1. The smallest absolute Gasteiger partial charge is 0.192 e. The fourth-order valence-corrected chi connectivity index (χ4v) is 3.79. The molecule has 0 amide bonds. The van der Waals surface area contributed by atoms with Crippen LogP contribution in [0.15, 0.2) is 34.7 Å². The Labute approximate surface area is 176 Å². The molecule has 0 saturated carbocycles. The van der Waals surface area contributed by atoms with Crippen LogP contribution in [0.2, 0.25) is 0 Å². The summed E-state index contributed by atoms with van der Waals surface area (Å²) in [7, 11) is 0. The third-order valence-corrected chi connectivity index (χ3v) is 5.23. The second-order valence-electron chi connectivity index (χ2n) is 7.78. The van der Waals surface area contributed by atoms with Crippen molar-refractivity contribution in [2.24, 2.45) is 0 Å². The van der Waals surface area contributed by atoms with Crippen LogP contribution < -0.4 is 4.90 Å². The predicted octanol–water partition coefficient (Wildman–Crippen LogP) is 5.78. The number of phenolic OH excluding ortho intramolecular Hbond substituents is 1. The summed E-state index contributed by atoms with van der Waals surface area (Å²) in [5, 5.41) is 10.7. The Morgan fingerprint density at radius 1 is 0.967 bits per heavy atom. The van der Waals surface area contributed by atoms with E-state index in [2.05, 4.69) is 23.7 Å². The molecule has 0 bridgehead atoms. The maximum absolute atomic E-state index is 10.7. The van der Waals surface area contributed by atoms with Gasteiger partial charge in [-0.3, -0.25) is 0 Å². The van der Waals surface area contributed by atoms with Gasteiger partial charge in [0.25, 0.3) is 0 Å². The highest BCUT2D eigenvalue weighted by Gasteiger charge is 2.17. The lowest BCUT2D eigenvalue weighted by molar-refractivity contribution is 0.473. The standard InChI is InChI=1S/C21H20N4O2.C3H8/c1-12-20-18(27-13(2)22-20)11-14(21(12)26)15-5-6-17-16(23-15)7-8-19(24-17)25-9-3-4-10-25;1-3-2/h5-8,11,26H,3-4,9-10H2,1-2H3;3H2,1-2H3. The summed E-state index contributed by atoms with van der Waals surface area (Å²) in [5.74, 6) is 1.77. The number of aromatic nitrogens is 3. The summed E-state index contributed by atoms with van der Waals surface area (Å²) < 4.78 is 5.66. The average Bonchev–Trinajstić information content (AvgIpc) is 3.40. The molecule has 30 heavy (non-hydrogen) atoms. The van der Waals surface area contributed by atoms with E-state index in [1.165, 1.54) is 19.3 Å². The number of pyridine rings is 2. The molecule has 6 heteroatoms. The first-order valence-corrected chi connectivity index (χ1v) is 10.6. The van der Waals surface area contributed by atoms with E-state index in [9.17, 15) is 5.11 Å². The lowest BCUT2D eigenvalue weighted by Crippen LogP contribution is -2.18. The average molecular weight is 405 g/mol. The van der Waals surface area contributed by atoms with Gasteiger partial charge in [-0.2, -0.15) is 0 Å². The van der Waals surface area contributed by atoms with Crippen molar-refractivity contribution in [3.8, 4) is 17.0 Å². The van der Waals surface area contributed by atoms with Crippen molar-refractivity contribution in [3.05, 3.63) is 41.8 Å². The quantitative estimate of drug-likeness (QED) is 0.457. The molecule has 0 unspecified atom stereocenters. The number of hydrogen-bond acceptors (Lipinski definition) is 6. The number of aryl methyl sites for hydroxylation is 2. The second-order valence-corrected chi connectivity index (χ2v) is 7.78. The van der Waals surface area contributed by atoms with Gasteiger partial charge in [0.2, 0.25) is 0 Å². The number of rotatable bonds is 2. The number of fused-ring (bicyclic) bond motifs is 2. The Morgan fingerprint density at radius 3 is 2.37 bits per heavy atom. The second kappa shape index (κ2) is 8.30. The van der Waals surface area contributed by atoms with Crippen LogP contribution in [0.25, 0.3) is 33.4 Å². The molecule has 0 spiro atoms. The number of anilines is 1. The SMILES string of the molecule is CCC.Cc1nc2c(C)c(O)c(-c3ccc4nc(N5CCCC5)ccc4n3)cc2o1. The van der Waals surface area contributed by atoms with Crippen LogP contribution in [-0.2, 0) is 0 Å². The van der Waals surface area contributed by atoms with E-state index in [0.29, 0.717) is 33.8 Å². The Morgan fingerprint density at radius 2 is 1.63 bits per heavy atom. The first-order valence-electron chi connectivity index (χ1n) is 10.6. The van der Waals surface area contributed by atoms with Crippen LogP contribution in [0.5, 0.6) is 5.75 Å². The van der Waals surface area contributed by atoms with Gasteiger partial charge in [0.1, 0.15) is 17.1 Å². The molecule has 1 aliphatic rings. The third kappa shape index (κ3) is 3.70. The lowest BCUT2D eigenvalue weighted by Gasteiger charge is -2.16. The molecule has 1 N–H and O–H groups in total. The third-order valence-electron chi connectivity index (χ3n) is 5.23. The van der Waals surface area contributed by atoms with Crippen molar-refractivity contribution in [2.75, 3.05) is 18.0 Å². The van der Waals surface area contributed by atoms with Gasteiger partial charge in [-0.05, 0) is 50.1 Å². The zero-order valence-corrected chi connectivity index (χ0v) is 18.1. The molecule has 4 heterocycles. The number of hydrogen-bond donors (Lipinski definition) is 1. The maximum atomic E-state index is 10.7. The molecule has 0 aliphatic carbocycles. The van der Waals surface area contributed by atoms with Gasteiger partial charge >= 0.3 is 0 Å². The summed E-state index contributed by atoms with van der Waals surface area (Å²) in [4.78, 5) is 16.1. The minimum atomic E-state index is 0.185. The molecule has 1 fully saturated rings. The van der Waals surface area contributed by atoms with E-state index >= 15 is 0 Å². The van der Waals surface area contributed by atoms with Crippen LogP contribution in [-0.4, -0.2) is 33.1 Å². The topological polar surface area (TPSA) is 75.3 Å². The summed E-state index contributed by atoms with van der Waals surface area (Å²) in [5.41, 5.74) is 5.03. The molecule has 5 rings (SSSR count). The van der Waals surface area contributed by atoms with Gasteiger partial charge in [0.05, 0.1) is 16.7 Å². The zero-order valence-electron chi connectivity index (χ0n) is 18.1. The number of nitrogens with zero attached hydrogens (tertiary/aromatic N) is 4. The minimum absolute atomic E-state index is 0.185. The molecular weight excluding hydrogens is 376 g/mol. The Kier molecular flexibility index (Phi) is 5.57. The van der Waals surface area contributed by atoms with E-state index in [-0.39, 0.29) is 5.75 Å². The van der Waals surface area contributed by atoms with Gasteiger partial charge in [0.15, 0.2) is 11.5 Å². The highest BCUT2D eigenvalue weighted by atomic mass is 16.3. The fraction of sp³-hybridized carbons (Fsp3) is 0.375. The molecule has 1 aromatic carbocycles. The van der Waals surface area contributed by atoms with Crippen molar-refractivity contribution in [3.63, 3.8) is 0 Å². The monoisotopic (exact) mass is 404 g/mol. The molecule has 3 aromatic heterocycles. The molecule has 1 saturated heterocycles. The van der Waals surface area contributed by atoms with Crippen LogP contribution in [0.4, 0.5) is 5.82 Å². The van der Waals surface area contributed by atoms with Crippen LogP contribution in [0.3, 0.4) is 0 Å². The van der Waals surface area contributed by atoms with Crippen molar-refractivity contribution in [1.82, 2.24) is 15.0 Å². The molecular formula is C24H28N4O2. The zero-order chi connectivity index (χ0) is 21.3.